The highest BCUT2D eigenvalue weighted by atomic mass is 32.2. The second-order valence-corrected chi connectivity index (χ2v) is 9.70. The van der Waals surface area contributed by atoms with Crippen LogP contribution >= 0.6 is 11.3 Å². The van der Waals surface area contributed by atoms with E-state index in [-0.39, 0.29) is 10.8 Å². The van der Waals surface area contributed by atoms with Crippen molar-refractivity contribution in [3.05, 3.63) is 63.6 Å². The van der Waals surface area contributed by atoms with Crippen molar-refractivity contribution in [3.8, 4) is 0 Å². The molecule has 0 spiro atoms. The van der Waals surface area contributed by atoms with Gasteiger partial charge in [-0.15, -0.1) is 4.40 Å². The van der Waals surface area contributed by atoms with Gasteiger partial charge in [0.05, 0.1) is 6.42 Å². The summed E-state index contributed by atoms with van der Waals surface area (Å²) in [5.41, 5.74) is 2.00. The predicted molar refractivity (Wildman–Crippen MR) is 116 cm³/mol. The fourth-order valence-electron chi connectivity index (χ4n) is 3.84. The summed E-state index contributed by atoms with van der Waals surface area (Å²) in [6.45, 7) is 4.00. The lowest BCUT2D eigenvalue weighted by Gasteiger charge is -2.23. The molecule has 158 valence electrons. The highest BCUT2D eigenvalue weighted by molar-refractivity contribution is 8.00. The summed E-state index contributed by atoms with van der Waals surface area (Å²) in [5.74, 6) is 0.0743. The van der Waals surface area contributed by atoms with Crippen LogP contribution in [0.5, 0.6) is 0 Å². The molecule has 1 amide bonds. The van der Waals surface area contributed by atoms with E-state index in [9.17, 15) is 17.6 Å². The number of carbonyl (C=O) groups is 1. The van der Waals surface area contributed by atoms with Gasteiger partial charge in [-0.3, -0.25) is 4.79 Å². The topological polar surface area (TPSA) is 70.1 Å². The summed E-state index contributed by atoms with van der Waals surface area (Å²) in [6.07, 6.45) is 1.11. The van der Waals surface area contributed by atoms with Crippen molar-refractivity contribution in [1.29, 1.82) is 0 Å². The van der Waals surface area contributed by atoms with E-state index < -0.39 is 15.8 Å². The van der Waals surface area contributed by atoms with Gasteiger partial charge in [-0.2, -0.15) is 19.8 Å². The molecule has 2 aliphatic heterocycles. The van der Waals surface area contributed by atoms with E-state index in [2.05, 4.69) is 4.40 Å². The van der Waals surface area contributed by atoms with Crippen LogP contribution in [0.3, 0.4) is 0 Å². The van der Waals surface area contributed by atoms with Gasteiger partial charge in [-0.05, 0) is 53.4 Å². The quantitative estimate of drug-likeness (QED) is 0.725. The Balaban J connectivity index is 1.51. The number of amidine groups is 1. The van der Waals surface area contributed by atoms with E-state index >= 15 is 0 Å². The largest absolute Gasteiger partial charge is 0.354 e. The Hall–Kier alpha value is -2.52. The molecular weight excluding hydrogens is 425 g/mol. The Morgan fingerprint density at radius 3 is 2.60 bits per heavy atom. The smallest absolute Gasteiger partial charge is 0.285 e. The maximum Gasteiger partial charge on any atom is 0.285 e. The SMILES string of the molecule is CC1=C(c2ccc(F)cc2)S(=O)(=O)N=C1N1CCCN(C(=O)Cc2ccsc2)CC1. The van der Waals surface area contributed by atoms with Gasteiger partial charge in [0.1, 0.15) is 16.6 Å². The molecule has 1 aromatic heterocycles. The van der Waals surface area contributed by atoms with Crippen LogP contribution in [0, 0.1) is 5.82 Å². The lowest BCUT2D eigenvalue weighted by molar-refractivity contribution is -0.130. The number of halogens is 1. The number of hydrogen-bond acceptors (Lipinski definition) is 5. The van der Waals surface area contributed by atoms with Crippen LogP contribution < -0.4 is 0 Å². The first-order valence-electron chi connectivity index (χ1n) is 9.71. The Labute approximate surface area is 179 Å². The Bertz CT molecular complexity index is 1110. The Kier molecular flexibility index (Phi) is 5.75. The van der Waals surface area contributed by atoms with Gasteiger partial charge in [0.2, 0.25) is 5.91 Å². The van der Waals surface area contributed by atoms with Crippen LogP contribution in [0.1, 0.15) is 24.5 Å². The number of carbonyl (C=O) groups excluding carboxylic acids is 1. The number of sulfonamides is 1. The standard InChI is InChI=1S/C21H22FN3O3S2/c1-15-20(17-3-5-18(22)6-4-17)30(27,28)23-21(15)25-9-2-8-24(10-11-25)19(26)13-16-7-12-29-14-16/h3-7,12,14H,2,8-11,13H2,1H3. The summed E-state index contributed by atoms with van der Waals surface area (Å²) in [5, 5.41) is 3.94. The van der Waals surface area contributed by atoms with Crippen LogP contribution in [0.2, 0.25) is 0 Å². The number of thiophene rings is 1. The van der Waals surface area contributed by atoms with Crippen molar-refractivity contribution < 1.29 is 17.6 Å². The van der Waals surface area contributed by atoms with Crippen LogP contribution in [0.25, 0.3) is 4.91 Å². The van der Waals surface area contributed by atoms with Crippen molar-refractivity contribution in [2.45, 2.75) is 19.8 Å². The molecule has 30 heavy (non-hydrogen) atoms. The molecule has 9 heteroatoms. The van der Waals surface area contributed by atoms with Gasteiger partial charge in [0.15, 0.2) is 0 Å². The third kappa shape index (κ3) is 4.17. The van der Waals surface area contributed by atoms with E-state index in [0.717, 1.165) is 12.0 Å². The summed E-state index contributed by atoms with van der Waals surface area (Å²) in [4.78, 5) is 16.5. The molecule has 0 aliphatic carbocycles. The minimum Gasteiger partial charge on any atom is -0.354 e. The molecule has 1 fully saturated rings. The number of rotatable bonds is 3. The molecule has 3 heterocycles. The molecule has 1 aromatic carbocycles. The Morgan fingerprint density at radius 1 is 1.13 bits per heavy atom. The maximum absolute atomic E-state index is 13.3. The fourth-order valence-corrected chi connectivity index (χ4v) is 6.00. The van der Waals surface area contributed by atoms with E-state index in [0.29, 0.717) is 49.6 Å². The first-order valence-corrected chi connectivity index (χ1v) is 12.1. The molecule has 0 saturated carbocycles. The van der Waals surface area contributed by atoms with Crippen molar-refractivity contribution in [2.24, 2.45) is 4.40 Å². The highest BCUT2D eigenvalue weighted by Gasteiger charge is 2.34. The molecule has 4 rings (SSSR count). The lowest BCUT2D eigenvalue weighted by Crippen LogP contribution is -2.38. The second kappa shape index (κ2) is 8.31. The van der Waals surface area contributed by atoms with E-state index in [1.807, 2.05) is 26.6 Å². The lowest BCUT2D eigenvalue weighted by atomic mass is 10.1. The van der Waals surface area contributed by atoms with Gasteiger partial charge >= 0.3 is 0 Å². The zero-order valence-electron chi connectivity index (χ0n) is 16.5. The zero-order chi connectivity index (χ0) is 21.3. The average molecular weight is 448 g/mol. The summed E-state index contributed by atoms with van der Waals surface area (Å²) in [6, 6.07) is 7.35. The van der Waals surface area contributed by atoms with Gasteiger partial charge in [0, 0.05) is 31.8 Å². The van der Waals surface area contributed by atoms with Crippen molar-refractivity contribution in [1.82, 2.24) is 9.80 Å². The molecule has 2 aromatic rings. The third-order valence-electron chi connectivity index (χ3n) is 5.33. The molecule has 0 atom stereocenters. The van der Waals surface area contributed by atoms with E-state index in [4.69, 9.17) is 0 Å². The average Bonchev–Trinajstić information content (AvgIpc) is 3.19. The molecule has 1 saturated heterocycles. The van der Waals surface area contributed by atoms with Crippen molar-refractivity contribution in [3.63, 3.8) is 0 Å². The summed E-state index contributed by atoms with van der Waals surface area (Å²) < 4.78 is 42.7. The van der Waals surface area contributed by atoms with Crippen molar-refractivity contribution in [2.75, 3.05) is 26.2 Å². The Morgan fingerprint density at radius 2 is 1.90 bits per heavy atom. The maximum atomic E-state index is 13.3. The second-order valence-electron chi connectivity index (χ2n) is 7.38. The van der Waals surface area contributed by atoms with Gasteiger partial charge in [-0.25, -0.2) is 4.39 Å². The molecular formula is C21H22FN3O3S2. The van der Waals surface area contributed by atoms with Crippen LogP contribution in [-0.4, -0.2) is 56.1 Å². The van der Waals surface area contributed by atoms with Crippen molar-refractivity contribution >= 4 is 38.0 Å². The van der Waals surface area contributed by atoms with Crippen LogP contribution in [0.15, 0.2) is 51.1 Å². The normalized spacial score (nSPS) is 19.1. The monoisotopic (exact) mass is 447 g/mol. The molecule has 0 radical (unpaired) electrons. The van der Waals surface area contributed by atoms with Gasteiger partial charge < -0.3 is 9.80 Å². The van der Waals surface area contributed by atoms with E-state index in [1.165, 1.54) is 24.3 Å². The third-order valence-corrected chi connectivity index (χ3v) is 7.53. The molecule has 2 aliphatic rings. The molecule has 6 nitrogen and oxygen atoms in total. The van der Waals surface area contributed by atoms with Crippen LogP contribution in [0.4, 0.5) is 4.39 Å². The first-order chi connectivity index (χ1) is 14.3. The highest BCUT2D eigenvalue weighted by Crippen LogP contribution is 2.33. The van der Waals surface area contributed by atoms with E-state index in [1.54, 1.807) is 18.3 Å². The number of hydrogen-bond donors (Lipinski definition) is 0. The predicted octanol–water partition coefficient (Wildman–Crippen LogP) is 3.14. The minimum absolute atomic E-state index is 0.0792. The molecule has 0 bridgehead atoms. The number of nitrogens with zero attached hydrogens (tertiary/aromatic N) is 3. The van der Waals surface area contributed by atoms with Crippen LogP contribution in [-0.2, 0) is 21.2 Å². The molecule has 0 unspecified atom stereocenters. The molecule has 0 N–H and O–H groups in total. The number of amides is 1. The summed E-state index contributed by atoms with van der Waals surface area (Å²) >= 11 is 1.57. The van der Waals surface area contributed by atoms with Gasteiger partial charge in [-0.1, -0.05) is 12.1 Å². The minimum atomic E-state index is -3.85. The van der Waals surface area contributed by atoms with Gasteiger partial charge in [0.25, 0.3) is 10.0 Å². The fraction of sp³-hybridized carbons (Fsp3) is 0.333. The first kappa shape index (κ1) is 20.7. The zero-order valence-corrected chi connectivity index (χ0v) is 18.2. The summed E-state index contributed by atoms with van der Waals surface area (Å²) in [7, 11) is -3.85. The number of benzene rings is 1.